The summed E-state index contributed by atoms with van der Waals surface area (Å²) in [6.07, 6.45) is 1.35. The number of hydrazone groups is 1. The van der Waals surface area contributed by atoms with Crippen molar-refractivity contribution >= 4 is 33.7 Å². The van der Waals surface area contributed by atoms with Crippen molar-refractivity contribution in [2.75, 3.05) is 6.54 Å². The SMILES string of the molecule is Cc1ccc(S(=O)(=O)N(CC(=O)N/N=C\c2cccc(O)c2)Cc2cccc(Cl)c2)cc1. The molecule has 3 aromatic carbocycles. The summed E-state index contributed by atoms with van der Waals surface area (Å²) in [6, 6.07) is 19.5. The molecule has 0 heterocycles. The minimum Gasteiger partial charge on any atom is -0.508 e. The first-order valence-corrected chi connectivity index (χ1v) is 11.5. The second-order valence-corrected chi connectivity index (χ2v) is 9.48. The average molecular weight is 472 g/mol. The number of rotatable bonds is 8. The first-order valence-electron chi connectivity index (χ1n) is 9.66. The lowest BCUT2D eigenvalue weighted by molar-refractivity contribution is -0.121. The number of aromatic hydroxyl groups is 1. The molecule has 0 bridgehead atoms. The zero-order valence-corrected chi connectivity index (χ0v) is 18.8. The molecule has 0 saturated heterocycles. The van der Waals surface area contributed by atoms with Gasteiger partial charge in [-0.2, -0.15) is 9.41 Å². The van der Waals surface area contributed by atoms with E-state index in [4.69, 9.17) is 11.6 Å². The van der Waals surface area contributed by atoms with E-state index in [1.54, 1.807) is 48.5 Å². The van der Waals surface area contributed by atoms with E-state index in [1.807, 2.05) is 6.92 Å². The molecule has 0 aliphatic rings. The number of hydrogen-bond donors (Lipinski definition) is 2. The third-order valence-corrected chi connectivity index (χ3v) is 6.54. The smallest absolute Gasteiger partial charge is 0.255 e. The van der Waals surface area contributed by atoms with Crippen LogP contribution in [-0.2, 0) is 21.4 Å². The van der Waals surface area contributed by atoms with E-state index in [0.29, 0.717) is 16.1 Å². The Kier molecular flexibility index (Phi) is 7.63. The van der Waals surface area contributed by atoms with Crippen molar-refractivity contribution in [1.82, 2.24) is 9.73 Å². The number of phenols is 1. The number of halogens is 1. The van der Waals surface area contributed by atoms with Crippen LogP contribution >= 0.6 is 11.6 Å². The van der Waals surface area contributed by atoms with E-state index in [1.165, 1.54) is 30.5 Å². The van der Waals surface area contributed by atoms with Crippen LogP contribution in [0.2, 0.25) is 5.02 Å². The van der Waals surface area contributed by atoms with Gasteiger partial charge in [-0.15, -0.1) is 0 Å². The number of amides is 1. The molecule has 32 heavy (non-hydrogen) atoms. The highest BCUT2D eigenvalue weighted by Crippen LogP contribution is 2.20. The van der Waals surface area contributed by atoms with Crippen LogP contribution in [0, 0.1) is 6.92 Å². The summed E-state index contributed by atoms with van der Waals surface area (Å²) in [5.41, 5.74) is 4.47. The van der Waals surface area contributed by atoms with Crippen LogP contribution in [-0.4, -0.2) is 36.5 Å². The molecule has 166 valence electrons. The number of nitrogens with zero attached hydrogens (tertiary/aromatic N) is 2. The zero-order valence-electron chi connectivity index (χ0n) is 17.3. The van der Waals surface area contributed by atoms with Gasteiger partial charge >= 0.3 is 0 Å². The Morgan fingerprint density at radius 1 is 1.09 bits per heavy atom. The Morgan fingerprint density at radius 3 is 2.50 bits per heavy atom. The molecule has 3 aromatic rings. The molecule has 0 aliphatic heterocycles. The van der Waals surface area contributed by atoms with Crippen molar-refractivity contribution < 1.29 is 18.3 Å². The first-order chi connectivity index (χ1) is 15.2. The molecule has 7 nitrogen and oxygen atoms in total. The van der Waals surface area contributed by atoms with E-state index in [9.17, 15) is 18.3 Å². The van der Waals surface area contributed by atoms with E-state index < -0.39 is 22.5 Å². The van der Waals surface area contributed by atoms with Crippen LogP contribution in [0.5, 0.6) is 5.75 Å². The highest BCUT2D eigenvalue weighted by atomic mass is 35.5. The average Bonchev–Trinajstić information content (AvgIpc) is 2.74. The number of hydrogen-bond acceptors (Lipinski definition) is 5. The van der Waals surface area contributed by atoms with E-state index in [-0.39, 0.29) is 17.2 Å². The number of carbonyl (C=O) groups excluding carboxylic acids is 1. The van der Waals surface area contributed by atoms with Gasteiger partial charge in [0.1, 0.15) is 5.75 Å². The lowest BCUT2D eigenvalue weighted by atomic mass is 10.2. The molecule has 0 fully saturated rings. The second kappa shape index (κ2) is 10.4. The molecule has 2 N–H and O–H groups in total. The van der Waals surface area contributed by atoms with Gasteiger partial charge in [0.05, 0.1) is 17.7 Å². The fourth-order valence-electron chi connectivity index (χ4n) is 2.90. The quantitative estimate of drug-likeness (QED) is 0.386. The Morgan fingerprint density at radius 2 is 1.81 bits per heavy atom. The molecule has 0 radical (unpaired) electrons. The van der Waals surface area contributed by atoms with Gasteiger partial charge in [-0.3, -0.25) is 4.79 Å². The zero-order chi connectivity index (χ0) is 23.1. The summed E-state index contributed by atoms with van der Waals surface area (Å²) in [4.78, 5) is 12.6. The number of carbonyl (C=O) groups is 1. The third kappa shape index (κ3) is 6.40. The Labute approximate surface area is 192 Å². The van der Waals surface area contributed by atoms with E-state index in [2.05, 4.69) is 10.5 Å². The molecule has 9 heteroatoms. The van der Waals surface area contributed by atoms with Gasteiger partial charge in [-0.25, -0.2) is 13.8 Å². The number of aryl methyl sites for hydroxylation is 1. The molecule has 0 saturated carbocycles. The molecule has 0 aromatic heterocycles. The van der Waals surface area contributed by atoms with Crippen LogP contribution in [0.1, 0.15) is 16.7 Å². The Bertz CT molecular complexity index is 1230. The first kappa shape index (κ1) is 23.5. The molecule has 0 unspecified atom stereocenters. The van der Waals surface area contributed by atoms with Crippen LogP contribution in [0.15, 0.2) is 82.8 Å². The maximum atomic E-state index is 13.2. The minimum absolute atomic E-state index is 0.0412. The molecule has 0 atom stereocenters. The lowest BCUT2D eigenvalue weighted by Gasteiger charge is -2.21. The molecule has 0 spiro atoms. The standard InChI is InChI=1S/C23H22ClN3O4S/c1-17-8-10-22(11-9-17)32(30,31)27(15-19-5-2-6-20(24)12-19)16-23(29)26-25-14-18-4-3-7-21(28)13-18/h2-14,28H,15-16H2,1H3,(H,26,29)/b25-14-. The topological polar surface area (TPSA) is 99.1 Å². The number of nitrogens with one attached hydrogen (secondary N) is 1. The lowest BCUT2D eigenvalue weighted by Crippen LogP contribution is -2.39. The minimum atomic E-state index is -3.96. The molecular weight excluding hydrogens is 450 g/mol. The summed E-state index contributed by atoms with van der Waals surface area (Å²) >= 11 is 6.04. The van der Waals surface area contributed by atoms with E-state index in [0.717, 1.165) is 9.87 Å². The van der Waals surface area contributed by atoms with Gasteiger partial charge in [0.25, 0.3) is 5.91 Å². The van der Waals surface area contributed by atoms with Gasteiger partial charge in [-0.1, -0.05) is 53.6 Å². The summed E-state index contributed by atoms with van der Waals surface area (Å²) < 4.78 is 27.6. The maximum Gasteiger partial charge on any atom is 0.255 e. The highest BCUT2D eigenvalue weighted by Gasteiger charge is 2.27. The number of sulfonamides is 1. The summed E-state index contributed by atoms with van der Waals surface area (Å²) in [5.74, 6) is -0.545. The monoisotopic (exact) mass is 471 g/mol. The third-order valence-electron chi connectivity index (χ3n) is 4.50. The fraction of sp³-hybridized carbons (Fsp3) is 0.130. The summed E-state index contributed by atoms with van der Waals surface area (Å²) in [6.45, 7) is 1.37. The molecule has 0 aliphatic carbocycles. The van der Waals surface area contributed by atoms with Crippen molar-refractivity contribution in [3.05, 3.63) is 94.5 Å². The van der Waals surface area contributed by atoms with Crippen LogP contribution < -0.4 is 5.43 Å². The van der Waals surface area contributed by atoms with Crippen molar-refractivity contribution in [1.29, 1.82) is 0 Å². The van der Waals surface area contributed by atoms with Crippen molar-refractivity contribution in [2.24, 2.45) is 5.10 Å². The maximum absolute atomic E-state index is 13.2. The van der Waals surface area contributed by atoms with Crippen molar-refractivity contribution in [2.45, 2.75) is 18.4 Å². The highest BCUT2D eigenvalue weighted by molar-refractivity contribution is 7.89. The van der Waals surface area contributed by atoms with Crippen molar-refractivity contribution in [3.63, 3.8) is 0 Å². The van der Waals surface area contributed by atoms with Gasteiger partial charge in [0.15, 0.2) is 0 Å². The van der Waals surface area contributed by atoms with Crippen LogP contribution in [0.4, 0.5) is 0 Å². The molecular formula is C23H22ClN3O4S. The van der Waals surface area contributed by atoms with Gasteiger partial charge < -0.3 is 5.11 Å². The number of benzene rings is 3. The van der Waals surface area contributed by atoms with Gasteiger partial charge in [0, 0.05) is 11.6 Å². The second-order valence-electron chi connectivity index (χ2n) is 7.10. The van der Waals surface area contributed by atoms with Crippen LogP contribution in [0.25, 0.3) is 0 Å². The van der Waals surface area contributed by atoms with Crippen molar-refractivity contribution in [3.8, 4) is 5.75 Å². The Balaban J connectivity index is 1.80. The van der Waals surface area contributed by atoms with Crippen LogP contribution in [0.3, 0.4) is 0 Å². The normalized spacial score (nSPS) is 11.7. The van der Waals surface area contributed by atoms with Gasteiger partial charge in [-0.05, 0) is 54.4 Å². The molecule has 3 rings (SSSR count). The number of phenolic OH excluding ortho intramolecular Hbond substituents is 1. The largest absolute Gasteiger partial charge is 0.508 e. The fourth-order valence-corrected chi connectivity index (χ4v) is 4.50. The predicted octanol–water partition coefficient (Wildman–Crippen LogP) is 3.70. The van der Waals surface area contributed by atoms with Gasteiger partial charge in [0.2, 0.25) is 10.0 Å². The summed E-state index contributed by atoms with van der Waals surface area (Å²) in [5, 5.41) is 13.8. The molecule has 1 amide bonds. The summed E-state index contributed by atoms with van der Waals surface area (Å²) in [7, 11) is -3.96. The van der Waals surface area contributed by atoms with E-state index >= 15 is 0 Å². The Hall–Kier alpha value is -3.20. The predicted molar refractivity (Wildman–Crippen MR) is 124 cm³/mol.